The molecule has 2 fully saturated rings. The number of hydrogen-bond acceptors (Lipinski definition) is 4. The van der Waals surface area contributed by atoms with Crippen LogP contribution >= 0.6 is 0 Å². The summed E-state index contributed by atoms with van der Waals surface area (Å²) >= 11 is 0. The first-order valence-electron chi connectivity index (χ1n) is 7.34. The Morgan fingerprint density at radius 2 is 2.05 bits per heavy atom. The van der Waals surface area contributed by atoms with E-state index in [1.807, 2.05) is 10.8 Å². The Morgan fingerprint density at radius 1 is 1.32 bits per heavy atom. The summed E-state index contributed by atoms with van der Waals surface area (Å²) in [4.78, 5) is 18.9. The van der Waals surface area contributed by atoms with Crippen molar-refractivity contribution in [1.82, 2.24) is 14.5 Å². The summed E-state index contributed by atoms with van der Waals surface area (Å²) in [5, 5.41) is 3.35. The molecule has 1 saturated carbocycles. The first-order chi connectivity index (χ1) is 9.28. The number of anilines is 1. The minimum Gasteiger partial charge on any atom is -0.363 e. The maximum absolute atomic E-state index is 12.3. The fourth-order valence-corrected chi connectivity index (χ4v) is 2.75. The van der Waals surface area contributed by atoms with Crippen LogP contribution in [0.5, 0.6) is 0 Å². The fraction of sp³-hybridized carbons (Fsp3) is 0.714. The van der Waals surface area contributed by atoms with Gasteiger partial charge in [0.2, 0.25) is 0 Å². The summed E-state index contributed by atoms with van der Waals surface area (Å²) in [6.45, 7) is 5.53. The quantitative estimate of drug-likeness (QED) is 0.893. The second-order valence-corrected chi connectivity index (χ2v) is 5.57. The van der Waals surface area contributed by atoms with Gasteiger partial charge in [-0.3, -0.25) is 4.79 Å². The Balaban J connectivity index is 1.67. The smallest absolute Gasteiger partial charge is 0.293 e. The van der Waals surface area contributed by atoms with Gasteiger partial charge in [-0.25, -0.2) is 4.98 Å². The third-order valence-corrected chi connectivity index (χ3v) is 4.18. The van der Waals surface area contributed by atoms with E-state index in [9.17, 15) is 4.79 Å². The van der Waals surface area contributed by atoms with Crippen LogP contribution in [-0.2, 0) is 0 Å². The number of aromatic nitrogens is 2. The molecule has 0 atom stereocenters. The monoisotopic (exact) mass is 262 g/mol. The maximum Gasteiger partial charge on any atom is 0.293 e. The van der Waals surface area contributed by atoms with Crippen molar-refractivity contribution in [3.63, 3.8) is 0 Å². The molecular formula is C14H22N4O. The van der Waals surface area contributed by atoms with E-state index in [1.165, 1.54) is 0 Å². The van der Waals surface area contributed by atoms with Crippen molar-refractivity contribution in [2.75, 3.05) is 25.0 Å². The van der Waals surface area contributed by atoms with Crippen LogP contribution in [0.1, 0.15) is 38.6 Å². The van der Waals surface area contributed by atoms with Crippen LogP contribution in [-0.4, -0.2) is 40.1 Å². The molecule has 104 valence electrons. The molecule has 0 unspecified atom stereocenters. The molecule has 1 aliphatic heterocycles. The molecule has 1 aromatic heterocycles. The van der Waals surface area contributed by atoms with Crippen LogP contribution in [0.3, 0.4) is 0 Å². The summed E-state index contributed by atoms with van der Waals surface area (Å²) < 4.78 is 1.83. The summed E-state index contributed by atoms with van der Waals surface area (Å²) in [5.41, 5.74) is 0.0444. The van der Waals surface area contributed by atoms with E-state index < -0.39 is 0 Å². The average molecular weight is 262 g/mol. The largest absolute Gasteiger partial charge is 0.363 e. The number of piperidine rings is 1. The molecule has 1 aliphatic carbocycles. The van der Waals surface area contributed by atoms with Gasteiger partial charge in [-0.2, -0.15) is 0 Å². The number of hydrogen-bond donors (Lipinski definition) is 1. The van der Waals surface area contributed by atoms with Crippen molar-refractivity contribution in [1.29, 1.82) is 0 Å². The lowest BCUT2D eigenvalue weighted by atomic mass is 10.1. The van der Waals surface area contributed by atoms with Crippen LogP contribution < -0.4 is 10.9 Å². The highest BCUT2D eigenvalue weighted by molar-refractivity contribution is 5.32. The van der Waals surface area contributed by atoms with E-state index in [0.717, 1.165) is 45.3 Å². The minimum atomic E-state index is 0.0444. The molecule has 2 aliphatic rings. The van der Waals surface area contributed by atoms with E-state index in [0.29, 0.717) is 17.9 Å². The molecule has 0 aromatic carbocycles. The van der Waals surface area contributed by atoms with Crippen LogP contribution in [0.15, 0.2) is 17.2 Å². The summed E-state index contributed by atoms with van der Waals surface area (Å²) in [7, 11) is 0. The molecule has 1 N–H and O–H groups in total. The van der Waals surface area contributed by atoms with Crippen LogP contribution in [0.4, 0.5) is 5.82 Å². The zero-order chi connectivity index (χ0) is 13.2. The molecule has 19 heavy (non-hydrogen) atoms. The predicted octanol–water partition coefficient (Wildman–Crippen LogP) is 1.47. The maximum atomic E-state index is 12.3. The Bertz CT molecular complexity index is 486. The van der Waals surface area contributed by atoms with Gasteiger partial charge in [-0.15, -0.1) is 0 Å². The van der Waals surface area contributed by atoms with Gasteiger partial charge in [0.1, 0.15) is 0 Å². The lowest BCUT2D eigenvalue weighted by Crippen LogP contribution is -2.40. The first kappa shape index (κ1) is 12.7. The van der Waals surface area contributed by atoms with E-state index in [-0.39, 0.29) is 5.56 Å². The molecule has 3 rings (SSSR count). The summed E-state index contributed by atoms with van der Waals surface area (Å²) in [5.74, 6) is 0.532. The molecule has 5 heteroatoms. The highest BCUT2D eigenvalue weighted by atomic mass is 16.1. The standard InChI is InChI=1S/C14H22N4O/c1-2-17-8-5-11(6-9-17)16-13-14(19)18(10-7-15-13)12-3-4-12/h7,10-12H,2-6,8-9H2,1H3,(H,15,16). The second kappa shape index (κ2) is 5.33. The molecule has 0 radical (unpaired) electrons. The van der Waals surface area contributed by atoms with E-state index in [4.69, 9.17) is 0 Å². The Morgan fingerprint density at radius 3 is 2.68 bits per heavy atom. The summed E-state index contributed by atoms with van der Waals surface area (Å²) in [6.07, 6.45) is 7.98. The van der Waals surface area contributed by atoms with Gasteiger partial charge in [0, 0.05) is 37.6 Å². The zero-order valence-corrected chi connectivity index (χ0v) is 11.5. The van der Waals surface area contributed by atoms with Crippen molar-refractivity contribution in [3.05, 3.63) is 22.7 Å². The molecule has 1 aromatic rings. The van der Waals surface area contributed by atoms with Crippen molar-refractivity contribution >= 4 is 5.82 Å². The molecule has 5 nitrogen and oxygen atoms in total. The minimum absolute atomic E-state index is 0.0444. The molecular weight excluding hydrogens is 240 g/mol. The summed E-state index contributed by atoms with van der Waals surface area (Å²) in [6, 6.07) is 0.802. The molecule has 0 amide bonds. The molecule has 0 spiro atoms. The second-order valence-electron chi connectivity index (χ2n) is 5.57. The highest BCUT2D eigenvalue weighted by Crippen LogP contribution is 2.33. The Labute approximate surface area is 113 Å². The van der Waals surface area contributed by atoms with Gasteiger partial charge in [0.15, 0.2) is 5.82 Å². The SMILES string of the molecule is CCN1CCC(Nc2nccn(C3CC3)c2=O)CC1. The third-order valence-electron chi connectivity index (χ3n) is 4.18. The normalized spacial score (nSPS) is 21.5. The molecule has 2 heterocycles. The van der Waals surface area contributed by atoms with Crippen molar-refractivity contribution in [2.45, 2.75) is 44.7 Å². The van der Waals surface area contributed by atoms with Gasteiger partial charge in [0.05, 0.1) is 0 Å². The van der Waals surface area contributed by atoms with Crippen LogP contribution in [0.2, 0.25) is 0 Å². The van der Waals surface area contributed by atoms with Gasteiger partial charge < -0.3 is 14.8 Å². The third kappa shape index (κ3) is 2.81. The van der Waals surface area contributed by atoms with Crippen LogP contribution in [0, 0.1) is 0 Å². The van der Waals surface area contributed by atoms with Gasteiger partial charge in [0.25, 0.3) is 5.56 Å². The zero-order valence-electron chi connectivity index (χ0n) is 11.5. The van der Waals surface area contributed by atoms with E-state index in [1.54, 1.807) is 6.20 Å². The number of nitrogens with one attached hydrogen (secondary N) is 1. The fourth-order valence-electron chi connectivity index (χ4n) is 2.75. The lowest BCUT2D eigenvalue weighted by Gasteiger charge is -2.31. The van der Waals surface area contributed by atoms with Crippen molar-refractivity contribution in [3.8, 4) is 0 Å². The molecule has 0 bridgehead atoms. The van der Waals surface area contributed by atoms with Gasteiger partial charge >= 0.3 is 0 Å². The lowest BCUT2D eigenvalue weighted by molar-refractivity contribution is 0.229. The van der Waals surface area contributed by atoms with Crippen molar-refractivity contribution < 1.29 is 0 Å². The van der Waals surface area contributed by atoms with Gasteiger partial charge in [-0.1, -0.05) is 6.92 Å². The topological polar surface area (TPSA) is 50.2 Å². The first-order valence-corrected chi connectivity index (χ1v) is 7.34. The van der Waals surface area contributed by atoms with Gasteiger partial charge in [-0.05, 0) is 32.2 Å². The number of likely N-dealkylation sites (tertiary alicyclic amines) is 1. The van der Waals surface area contributed by atoms with Crippen LogP contribution in [0.25, 0.3) is 0 Å². The Kier molecular flexibility index (Phi) is 3.55. The molecule has 1 saturated heterocycles. The van der Waals surface area contributed by atoms with E-state index >= 15 is 0 Å². The van der Waals surface area contributed by atoms with Crippen molar-refractivity contribution in [2.24, 2.45) is 0 Å². The number of rotatable bonds is 4. The predicted molar refractivity (Wildman–Crippen MR) is 75.5 cm³/mol. The van der Waals surface area contributed by atoms with E-state index in [2.05, 4.69) is 22.1 Å². The highest BCUT2D eigenvalue weighted by Gasteiger charge is 2.26. The Hall–Kier alpha value is -1.36. The number of nitrogens with zero attached hydrogens (tertiary/aromatic N) is 3. The average Bonchev–Trinajstić information content (AvgIpc) is 3.26.